The van der Waals surface area contributed by atoms with Gasteiger partial charge in [-0.15, -0.1) is 0 Å². The van der Waals surface area contributed by atoms with Crippen LogP contribution in [0.1, 0.15) is 11.1 Å². The SMILES string of the molecule is NCc1ccccc1CC(=O)Nc1ccc(-n2cc(Br)cn2)c(S(N)(=O)=O)c1. The highest BCUT2D eigenvalue weighted by Crippen LogP contribution is 2.24. The van der Waals surface area contributed by atoms with Gasteiger partial charge in [-0.3, -0.25) is 4.79 Å². The van der Waals surface area contributed by atoms with E-state index in [4.69, 9.17) is 10.9 Å². The Morgan fingerprint density at radius 3 is 2.50 bits per heavy atom. The van der Waals surface area contributed by atoms with Crippen LogP contribution in [0.4, 0.5) is 5.69 Å². The second-order valence-corrected chi connectivity index (χ2v) is 8.47. The molecule has 0 aliphatic carbocycles. The number of aromatic nitrogens is 2. The van der Waals surface area contributed by atoms with Gasteiger partial charge < -0.3 is 11.1 Å². The first-order valence-electron chi connectivity index (χ1n) is 8.22. The van der Waals surface area contributed by atoms with Gasteiger partial charge in [-0.2, -0.15) is 5.10 Å². The number of carbonyl (C=O) groups excluding carboxylic acids is 1. The van der Waals surface area contributed by atoms with Crippen molar-refractivity contribution in [2.24, 2.45) is 10.9 Å². The van der Waals surface area contributed by atoms with Gasteiger partial charge in [-0.25, -0.2) is 18.2 Å². The van der Waals surface area contributed by atoms with Gasteiger partial charge in [0.1, 0.15) is 4.90 Å². The quantitative estimate of drug-likeness (QED) is 0.513. The molecule has 0 aliphatic heterocycles. The number of hydrogen-bond acceptors (Lipinski definition) is 5. The standard InChI is InChI=1S/C18H18BrN5O3S/c19-14-10-22-24(11-14)16-6-5-15(8-17(16)28(21,26)27)23-18(25)7-12-3-1-2-4-13(12)9-20/h1-6,8,10-11H,7,9,20H2,(H,23,25)(H2,21,26,27). The Morgan fingerprint density at radius 1 is 1.18 bits per heavy atom. The first kappa shape index (κ1) is 20.2. The lowest BCUT2D eigenvalue weighted by Crippen LogP contribution is -2.19. The summed E-state index contributed by atoms with van der Waals surface area (Å²) < 4.78 is 26.2. The van der Waals surface area contributed by atoms with Crippen molar-refractivity contribution in [3.63, 3.8) is 0 Å². The maximum atomic E-state index is 12.4. The Morgan fingerprint density at radius 2 is 1.89 bits per heavy atom. The topological polar surface area (TPSA) is 133 Å². The van der Waals surface area contributed by atoms with Gasteiger partial charge in [0.15, 0.2) is 0 Å². The summed E-state index contributed by atoms with van der Waals surface area (Å²) >= 11 is 3.26. The third kappa shape index (κ3) is 4.65. The highest BCUT2D eigenvalue weighted by Gasteiger charge is 2.18. The van der Waals surface area contributed by atoms with Crippen LogP contribution < -0.4 is 16.2 Å². The monoisotopic (exact) mass is 463 g/mol. The lowest BCUT2D eigenvalue weighted by Gasteiger charge is -2.12. The summed E-state index contributed by atoms with van der Waals surface area (Å²) in [6.07, 6.45) is 3.25. The molecule has 10 heteroatoms. The molecule has 5 N–H and O–H groups in total. The van der Waals surface area contributed by atoms with Crippen molar-refractivity contribution in [1.82, 2.24) is 9.78 Å². The van der Waals surface area contributed by atoms with Crippen LogP contribution >= 0.6 is 15.9 Å². The molecule has 3 aromatic rings. The zero-order chi connectivity index (χ0) is 20.3. The molecule has 0 saturated carbocycles. The first-order chi connectivity index (χ1) is 13.3. The lowest BCUT2D eigenvalue weighted by atomic mass is 10.0. The lowest BCUT2D eigenvalue weighted by molar-refractivity contribution is -0.115. The van der Waals surface area contributed by atoms with Crippen molar-refractivity contribution in [3.8, 4) is 5.69 Å². The smallest absolute Gasteiger partial charge is 0.240 e. The van der Waals surface area contributed by atoms with Gasteiger partial charge in [0, 0.05) is 18.4 Å². The van der Waals surface area contributed by atoms with E-state index in [1.807, 2.05) is 24.3 Å². The van der Waals surface area contributed by atoms with Gasteiger partial charge in [0.2, 0.25) is 15.9 Å². The molecule has 1 amide bonds. The molecule has 0 fully saturated rings. The van der Waals surface area contributed by atoms with Crippen molar-refractivity contribution in [2.75, 3.05) is 5.32 Å². The highest BCUT2D eigenvalue weighted by atomic mass is 79.9. The number of sulfonamides is 1. The maximum Gasteiger partial charge on any atom is 0.240 e. The van der Waals surface area contributed by atoms with E-state index in [1.165, 1.54) is 23.0 Å². The number of carbonyl (C=O) groups is 1. The van der Waals surface area contributed by atoms with Crippen LogP contribution in [0.15, 0.2) is 64.2 Å². The molecule has 146 valence electrons. The van der Waals surface area contributed by atoms with E-state index in [0.29, 0.717) is 16.7 Å². The van der Waals surface area contributed by atoms with E-state index in [-0.39, 0.29) is 22.9 Å². The Kier molecular flexibility index (Phi) is 5.94. The molecule has 0 atom stereocenters. The molecule has 1 aromatic heterocycles. The Bertz CT molecular complexity index is 1130. The molecule has 2 aromatic carbocycles. The molecule has 0 unspecified atom stereocenters. The molecule has 3 rings (SSSR count). The van der Waals surface area contributed by atoms with E-state index in [1.54, 1.807) is 12.3 Å². The van der Waals surface area contributed by atoms with E-state index < -0.39 is 10.0 Å². The normalized spacial score (nSPS) is 11.4. The van der Waals surface area contributed by atoms with Crippen LogP contribution in [0.2, 0.25) is 0 Å². The zero-order valence-corrected chi connectivity index (χ0v) is 17.1. The van der Waals surface area contributed by atoms with Crippen LogP contribution in [0.25, 0.3) is 5.69 Å². The third-order valence-electron chi connectivity index (χ3n) is 4.04. The summed E-state index contributed by atoms with van der Waals surface area (Å²) in [5, 5.41) is 12.1. The summed E-state index contributed by atoms with van der Waals surface area (Å²) in [5.74, 6) is -0.296. The summed E-state index contributed by atoms with van der Waals surface area (Å²) in [6, 6.07) is 11.8. The number of nitrogens with zero attached hydrogens (tertiary/aromatic N) is 2. The minimum Gasteiger partial charge on any atom is -0.326 e. The predicted octanol–water partition coefficient (Wildman–Crippen LogP) is 1.92. The molecule has 1 heterocycles. The van der Waals surface area contributed by atoms with E-state index in [9.17, 15) is 13.2 Å². The number of amides is 1. The zero-order valence-electron chi connectivity index (χ0n) is 14.7. The minimum absolute atomic E-state index is 0.117. The summed E-state index contributed by atoms with van der Waals surface area (Å²) in [5.41, 5.74) is 7.98. The van der Waals surface area contributed by atoms with Gasteiger partial charge >= 0.3 is 0 Å². The van der Waals surface area contributed by atoms with E-state index in [2.05, 4.69) is 26.3 Å². The maximum absolute atomic E-state index is 12.4. The number of nitrogens with one attached hydrogen (secondary N) is 1. The second kappa shape index (κ2) is 8.23. The number of halogens is 1. The van der Waals surface area contributed by atoms with Crippen molar-refractivity contribution in [3.05, 3.63) is 70.5 Å². The average Bonchev–Trinajstić information content (AvgIpc) is 3.07. The fourth-order valence-electron chi connectivity index (χ4n) is 2.75. The van der Waals surface area contributed by atoms with Crippen LogP contribution in [-0.4, -0.2) is 24.1 Å². The van der Waals surface area contributed by atoms with Crippen molar-refractivity contribution in [1.29, 1.82) is 0 Å². The molecular weight excluding hydrogens is 446 g/mol. The van der Waals surface area contributed by atoms with E-state index >= 15 is 0 Å². The molecular formula is C18H18BrN5O3S. The number of nitrogens with two attached hydrogens (primary N) is 2. The fraction of sp³-hybridized carbons (Fsp3) is 0.111. The molecule has 28 heavy (non-hydrogen) atoms. The Balaban J connectivity index is 1.88. The number of primary sulfonamides is 1. The fourth-order valence-corrected chi connectivity index (χ4v) is 3.78. The predicted molar refractivity (Wildman–Crippen MR) is 109 cm³/mol. The number of benzene rings is 2. The number of anilines is 1. The van der Waals surface area contributed by atoms with Crippen LogP contribution in [-0.2, 0) is 27.8 Å². The highest BCUT2D eigenvalue weighted by molar-refractivity contribution is 9.10. The second-order valence-electron chi connectivity index (χ2n) is 6.03. The molecule has 0 radical (unpaired) electrons. The summed E-state index contributed by atoms with van der Waals surface area (Å²) in [7, 11) is -4.04. The van der Waals surface area contributed by atoms with Crippen LogP contribution in [0.5, 0.6) is 0 Å². The Hall–Kier alpha value is -2.53. The van der Waals surface area contributed by atoms with Gasteiger partial charge in [0.05, 0.1) is 22.8 Å². The van der Waals surface area contributed by atoms with Crippen molar-refractivity contribution >= 4 is 37.5 Å². The molecule has 8 nitrogen and oxygen atoms in total. The van der Waals surface area contributed by atoms with Gasteiger partial charge in [-0.1, -0.05) is 24.3 Å². The molecule has 0 bridgehead atoms. The third-order valence-corrected chi connectivity index (χ3v) is 5.39. The first-order valence-corrected chi connectivity index (χ1v) is 10.6. The minimum atomic E-state index is -4.04. The van der Waals surface area contributed by atoms with Crippen molar-refractivity contribution < 1.29 is 13.2 Å². The summed E-state index contributed by atoms with van der Waals surface area (Å²) in [6.45, 7) is 0.327. The Labute approximate surface area is 170 Å². The van der Waals surface area contributed by atoms with Crippen LogP contribution in [0, 0.1) is 0 Å². The van der Waals surface area contributed by atoms with Gasteiger partial charge in [0.25, 0.3) is 0 Å². The molecule has 0 spiro atoms. The van der Waals surface area contributed by atoms with Gasteiger partial charge in [-0.05, 0) is 45.3 Å². The largest absolute Gasteiger partial charge is 0.326 e. The average molecular weight is 464 g/mol. The number of hydrogen-bond donors (Lipinski definition) is 3. The molecule has 0 saturated heterocycles. The number of rotatable bonds is 6. The molecule has 0 aliphatic rings. The summed E-state index contributed by atoms with van der Waals surface area (Å²) in [4.78, 5) is 12.3. The van der Waals surface area contributed by atoms with Crippen LogP contribution in [0.3, 0.4) is 0 Å². The van der Waals surface area contributed by atoms with Crippen molar-refractivity contribution in [2.45, 2.75) is 17.9 Å². The van der Waals surface area contributed by atoms with E-state index in [0.717, 1.165) is 11.1 Å².